The van der Waals surface area contributed by atoms with Crippen molar-refractivity contribution in [2.24, 2.45) is 5.73 Å². The highest BCUT2D eigenvalue weighted by atomic mass is 35.5. The maximum atomic E-state index is 13.5. The van der Waals surface area contributed by atoms with E-state index >= 15 is 0 Å². The Labute approximate surface area is 239 Å². The summed E-state index contributed by atoms with van der Waals surface area (Å²) in [5.74, 6) is -1.11. The molecule has 0 spiro atoms. The van der Waals surface area contributed by atoms with E-state index in [-0.39, 0.29) is 34.4 Å². The quantitative estimate of drug-likeness (QED) is 0.176. The topological polar surface area (TPSA) is 84.6 Å². The molecule has 4 N–H and O–H groups in total. The average Bonchev–Trinajstić information content (AvgIpc) is 2.91. The number of benzene rings is 4. The number of alkyl halides is 3. The zero-order valence-corrected chi connectivity index (χ0v) is 22.5. The number of nitrogens with one attached hydrogen (secondary N) is 1. The molecule has 5 nitrogen and oxygen atoms in total. The Kier molecular flexibility index (Phi) is 9.25. The van der Waals surface area contributed by atoms with Gasteiger partial charge >= 0.3 is 12.1 Å². The lowest BCUT2D eigenvalue weighted by atomic mass is 10.0. The Balaban J connectivity index is 1.54. The smallest absolute Gasteiger partial charge is 0.416 e. The number of aliphatic carboxylic acids is 1. The second-order valence-electron chi connectivity index (χ2n) is 9.12. The van der Waals surface area contributed by atoms with E-state index in [2.05, 4.69) is 5.32 Å². The Morgan fingerprint density at radius 1 is 0.900 bits per heavy atom. The fourth-order valence-corrected chi connectivity index (χ4v) is 4.75. The molecular formula is C30H25Cl2F3N2O3. The van der Waals surface area contributed by atoms with Crippen molar-refractivity contribution in [3.8, 4) is 16.9 Å². The highest BCUT2D eigenvalue weighted by Crippen LogP contribution is 2.37. The van der Waals surface area contributed by atoms with E-state index in [1.807, 2.05) is 54.6 Å². The Morgan fingerprint density at radius 2 is 1.57 bits per heavy atom. The maximum Gasteiger partial charge on any atom is 0.416 e. The minimum atomic E-state index is -4.54. The van der Waals surface area contributed by atoms with Gasteiger partial charge in [-0.15, -0.1) is 0 Å². The maximum absolute atomic E-state index is 13.5. The SMILES string of the molecule is N[C@@H](Cc1cc(Cl)c(OCc2cc(C(F)(F)F)ccc2NCc2cccc(-c3ccccc3)c2)c(Cl)c1)C(=O)O. The van der Waals surface area contributed by atoms with E-state index in [1.165, 1.54) is 18.2 Å². The van der Waals surface area contributed by atoms with E-state index in [4.69, 9.17) is 38.8 Å². The molecule has 0 aliphatic heterocycles. The molecule has 0 amide bonds. The predicted molar refractivity (Wildman–Crippen MR) is 151 cm³/mol. The molecule has 40 heavy (non-hydrogen) atoms. The molecule has 4 aromatic carbocycles. The first-order valence-corrected chi connectivity index (χ1v) is 12.9. The van der Waals surface area contributed by atoms with Crippen molar-refractivity contribution in [3.63, 3.8) is 0 Å². The summed E-state index contributed by atoms with van der Waals surface area (Å²) in [4.78, 5) is 11.1. The van der Waals surface area contributed by atoms with Gasteiger partial charge in [0.15, 0.2) is 5.75 Å². The standard InChI is InChI=1S/C30H25Cl2F3N2O3/c31-24-12-19(14-26(36)29(38)39)13-25(32)28(24)40-17-22-15-23(30(33,34)35)9-10-27(22)37-16-18-5-4-8-21(11-18)20-6-2-1-3-7-20/h1-13,15,26,37H,14,16-17,36H2,(H,38,39)/t26-/m0/s1. The Bertz CT molecular complexity index is 1470. The van der Waals surface area contributed by atoms with Crippen LogP contribution >= 0.6 is 23.2 Å². The number of rotatable bonds is 10. The van der Waals surface area contributed by atoms with Crippen molar-refractivity contribution in [1.29, 1.82) is 0 Å². The van der Waals surface area contributed by atoms with Crippen LogP contribution in [0.25, 0.3) is 11.1 Å². The van der Waals surface area contributed by atoms with Gasteiger partial charge in [0.05, 0.1) is 15.6 Å². The van der Waals surface area contributed by atoms with E-state index in [1.54, 1.807) is 0 Å². The van der Waals surface area contributed by atoms with Crippen LogP contribution in [0.3, 0.4) is 0 Å². The van der Waals surface area contributed by atoms with Crippen molar-refractivity contribution >= 4 is 34.9 Å². The van der Waals surface area contributed by atoms with Crippen LogP contribution in [0.2, 0.25) is 10.0 Å². The zero-order valence-electron chi connectivity index (χ0n) is 21.0. The molecule has 0 aliphatic rings. The molecule has 1 atom stereocenters. The number of anilines is 1. The van der Waals surface area contributed by atoms with Crippen molar-refractivity contribution in [1.82, 2.24) is 0 Å². The second-order valence-corrected chi connectivity index (χ2v) is 9.93. The molecule has 0 bridgehead atoms. The molecule has 0 saturated carbocycles. The van der Waals surface area contributed by atoms with E-state index in [0.717, 1.165) is 28.8 Å². The fraction of sp³-hybridized carbons (Fsp3) is 0.167. The van der Waals surface area contributed by atoms with Gasteiger partial charge in [0.2, 0.25) is 0 Å². The third kappa shape index (κ3) is 7.47. The van der Waals surface area contributed by atoms with Crippen LogP contribution in [0, 0.1) is 0 Å². The van der Waals surface area contributed by atoms with Crippen molar-refractivity contribution in [3.05, 3.63) is 117 Å². The zero-order chi connectivity index (χ0) is 28.9. The number of carboxylic acid groups (broad SMARTS) is 1. The highest BCUT2D eigenvalue weighted by molar-refractivity contribution is 6.37. The van der Waals surface area contributed by atoms with Crippen molar-refractivity contribution in [2.45, 2.75) is 31.8 Å². The molecular weight excluding hydrogens is 564 g/mol. The van der Waals surface area contributed by atoms with Crippen LogP contribution in [0.4, 0.5) is 18.9 Å². The summed E-state index contributed by atoms with van der Waals surface area (Å²) in [7, 11) is 0. The molecule has 0 radical (unpaired) electrons. The van der Waals surface area contributed by atoms with E-state index < -0.39 is 23.8 Å². The van der Waals surface area contributed by atoms with Crippen molar-refractivity contribution in [2.75, 3.05) is 5.32 Å². The molecule has 0 fully saturated rings. The van der Waals surface area contributed by atoms with Crippen LogP contribution in [0.5, 0.6) is 5.75 Å². The van der Waals surface area contributed by atoms with Gasteiger partial charge in [-0.05, 0) is 65.1 Å². The number of carbonyl (C=O) groups is 1. The molecule has 0 unspecified atom stereocenters. The first-order valence-electron chi connectivity index (χ1n) is 12.2. The van der Waals surface area contributed by atoms with Gasteiger partial charge in [0.25, 0.3) is 0 Å². The lowest BCUT2D eigenvalue weighted by Crippen LogP contribution is -2.32. The van der Waals surface area contributed by atoms with Crippen LogP contribution in [0.1, 0.15) is 22.3 Å². The summed E-state index contributed by atoms with van der Waals surface area (Å²) in [5.41, 5.74) is 8.96. The van der Waals surface area contributed by atoms with Crippen molar-refractivity contribution < 1.29 is 27.8 Å². The predicted octanol–water partition coefficient (Wildman–Crippen LogP) is 7.82. The molecule has 4 rings (SSSR count). The lowest BCUT2D eigenvalue weighted by Gasteiger charge is -2.18. The summed E-state index contributed by atoms with van der Waals surface area (Å²) in [6.45, 7) is 0.100. The average molecular weight is 589 g/mol. The third-order valence-electron chi connectivity index (χ3n) is 6.15. The largest absolute Gasteiger partial charge is 0.486 e. The summed E-state index contributed by atoms with van der Waals surface area (Å²) >= 11 is 12.6. The van der Waals surface area contributed by atoms with Crippen LogP contribution < -0.4 is 15.8 Å². The molecule has 0 aromatic heterocycles. The monoisotopic (exact) mass is 588 g/mol. The molecule has 0 heterocycles. The van der Waals surface area contributed by atoms with Gasteiger partial charge in [-0.3, -0.25) is 4.79 Å². The first kappa shape index (κ1) is 29.3. The molecule has 0 saturated heterocycles. The van der Waals surface area contributed by atoms with Gasteiger partial charge in [-0.1, -0.05) is 71.7 Å². The van der Waals surface area contributed by atoms with Gasteiger partial charge in [0, 0.05) is 17.8 Å². The van der Waals surface area contributed by atoms with Gasteiger partial charge < -0.3 is 20.9 Å². The molecule has 10 heteroatoms. The first-order chi connectivity index (χ1) is 19.0. The van der Waals surface area contributed by atoms with Crippen LogP contribution in [-0.2, 0) is 30.5 Å². The number of carboxylic acids is 1. The Morgan fingerprint density at radius 3 is 2.23 bits per heavy atom. The van der Waals surface area contributed by atoms with Gasteiger partial charge in [0.1, 0.15) is 12.6 Å². The number of ether oxygens (including phenoxy) is 1. The minimum absolute atomic E-state index is 0.0117. The summed E-state index contributed by atoms with van der Waals surface area (Å²) < 4.78 is 46.3. The third-order valence-corrected chi connectivity index (χ3v) is 6.71. The van der Waals surface area contributed by atoms with Crippen LogP contribution in [0.15, 0.2) is 84.9 Å². The number of hydrogen-bond acceptors (Lipinski definition) is 4. The number of nitrogens with two attached hydrogens (primary N) is 1. The summed E-state index contributed by atoms with van der Waals surface area (Å²) in [6.07, 6.45) is -4.56. The Hall–Kier alpha value is -3.72. The molecule has 4 aromatic rings. The van der Waals surface area contributed by atoms with E-state index in [0.29, 0.717) is 17.8 Å². The number of halogens is 5. The number of hydrogen-bond donors (Lipinski definition) is 3. The normalized spacial score (nSPS) is 12.2. The fourth-order valence-electron chi connectivity index (χ4n) is 4.11. The highest BCUT2D eigenvalue weighted by Gasteiger charge is 2.31. The van der Waals surface area contributed by atoms with E-state index in [9.17, 15) is 18.0 Å². The lowest BCUT2D eigenvalue weighted by molar-refractivity contribution is -0.139. The van der Waals surface area contributed by atoms with Gasteiger partial charge in [-0.25, -0.2) is 0 Å². The molecule has 208 valence electrons. The minimum Gasteiger partial charge on any atom is -0.486 e. The van der Waals surface area contributed by atoms with Crippen LogP contribution in [-0.4, -0.2) is 17.1 Å². The second kappa shape index (κ2) is 12.6. The summed E-state index contributed by atoms with van der Waals surface area (Å²) in [6, 6.07) is 22.9. The summed E-state index contributed by atoms with van der Waals surface area (Å²) in [5, 5.41) is 12.4. The molecule has 0 aliphatic carbocycles. The van der Waals surface area contributed by atoms with Gasteiger partial charge in [-0.2, -0.15) is 13.2 Å².